The van der Waals surface area contributed by atoms with Crippen LogP contribution in [-0.2, 0) is 0 Å². The maximum atomic E-state index is 5.87. The standard InChI is InChI=1S/C14H16BrN3O/c1-4-16-13-9(2)14(18-10(3)17-13)19-12-8-6-5-7-11(12)15/h5-8H,4H2,1-3H3,(H,16,17,18). The van der Waals surface area contributed by atoms with E-state index in [9.17, 15) is 0 Å². The monoisotopic (exact) mass is 321 g/mol. The lowest BCUT2D eigenvalue weighted by atomic mass is 10.3. The van der Waals surface area contributed by atoms with E-state index in [2.05, 4.69) is 31.2 Å². The van der Waals surface area contributed by atoms with E-state index in [-0.39, 0.29) is 0 Å². The minimum atomic E-state index is 0.579. The van der Waals surface area contributed by atoms with Crippen molar-refractivity contribution in [1.82, 2.24) is 9.97 Å². The van der Waals surface area contributed by atoms with Crippen molar-refractivity contribution in [3.63, 3.8) is 0 Å². The highest BCUT2D eigenvalue weighted by atomic mass is 79.9. The predicted molar refractivity (Wildman–Crippen MR) is 79.9 cm³/mol. The maximum Gasteiger partial charge on any atom is 0.227 e. The van der Waals surface area contributed by atoms with Gasteiger partial charge in [0.1, 0.15) is 17.4 Å². The van der Waals surface area contributed by atoms with Crippen LogP contribution in [0.2, 0.25) is 0 Å². The second-order valence-electron chi connectivity index (χ2n) is 4.11. The largest absolute Gasteiger partial charge is 0.437 e. The van der Waals surface area contributed by atoms with Gasteiger partial charge < -0.3 is 10.1 Å². The fourth-order valence-electron chi connectivity index (χ4n) is 1.67. The first-order valence-electron chi connectivity index (χ1n) is 6.13. The Balaban J connectivity index is 2.37. The molecule has 19 heavy (non-hydrogen) atoms. The number of anilines is 1. The molecule has 1 N–H and O–H groups in total. The van der Waals surface area contributed by atoms with Crippen LogP contribution in [0.4, 0.5) is 5.82 Å². The highest BCUT2D eigenvalue weighted by molar-refractivity contribution is 9.10. The summed E-state index contributed by atoms with van der Waals surface area (Å²) in [5.74, 6) is 2.82. The quantitative estimate of drug-likeness (QED) is 0.921. The van der Waals surface area contributed by atoms with Crippen LogP contribution < -0.4 is 10.1 Å². The lowest BCUT2D eigenvalue weighted by molar-refractivity contribution is 0.453. The molecule has 1 aromatic carbocycles. The van der Waals surface area contributed by atoms with Gasteiger partial charge in [-0.15, -0.1) is 0 Å². The average Bonchev–Trinajstić information content (AvgIpc) is 2.38. The van der Waals surface area contributed by atoms with Crippen LogP contribution in [0.3, 0.4) is 0 Å². The molecule has 4 nitrogen and oxygen atoms in total. The van der Waals surface area contributed by atoms with Crippen LogP contribution >= 0.6 is 15.9 Å². The van der Waals surface area contributed by atoms with Crippen molar-refractivity contribution >= 4 is 21.7 Å². The van der Waals surface area contributed by atoms with Gasteiger partial charge in [-0.05, 0) is 48.8 Å². The van der Waals surface area contributed by atoms with Gasteiger partial charge in [0.25, 0.3) is 0 Å². The molecule has 0 atom stereocenters. The molecule has 0 radical (unpaired) electrons. The van der Waals surface area contributed by atoms with Crippen LogP contribution in [0.1, 0.15) is 18.3 Å². The highest BCUT2D eigenvalue weighted by Crippen LogP contribution is 2.31. The second kappa shape index (κ2) is 6.02. The van der Waals surface area contributed by atoms with E-state index in [1.54, 1.807) is 0 Å². The van der Waals surface area contributed by atoms with Crippen molar-refractivity contribution in [2.24, 2.45) is 0 Å². The van der Waals surface area contributed by atoms with Gasteiger partial charge >= 0.3 is 0 Å². The summed E-state index contributed by atoms with van der Waals surface area (Å²) in [6.07, 6.45) is 0. The molecule has 0 aliphatic carbocycles. The summed E-state index contributed by atoms with van der Waals surface area (Å²) in [6, 6.07) is 7.70. The topological polar surface area (TPSA) is 47.0 Å². The van der Waals surface area contributed by atoms with Crippen LogP contribution in [0.15, 0.2) is 28.7 Å². The minimum Gasteiger partial charge on any atom is -0.437 e. The van der Waals surface area contributed by atoms with E-state index < -0.39 is 0 Å². The Bertz CT molecular complexity index is 587. The number of ether oxygens (including phenoxy) is 1. The summed E-state index contributed by atoms with van der Waals surface area (Å²) in [5, 5.41) is 3.21. The number of para-hydroxylation sites is 1. The van der Waals surface area contributed by atoms with Crippen molar-refractivity contribution in [3.8, 4) is 11.6 Å². The summed E-state index contributed by atoms with van der Waals surface area (Å²) < 4.78 is 6.77. The van der Waals surface area contributed by atoms with Crippen molar-refractivity contribution in [2.75, 3.05) is 11.9 Å². The lowest BCUT2D eigenvalue weighted by Gasteiger charge is -2.13. The molecule has 2 aromatic rings. The third-order valence-electron chi connectivity index (χ3n) is 2.60. The molecule has 0 bridgehead atoms. The van der Waals surface area contributed by atoms with Crippen LogP contribution in [-0.4, -0.2) is 16.5 Å². The van der Waals surface area contributed by atoms with Gasteiger partial charge in [-0.2, -0.15) is 4.98 Å². The fourth-order valence-corrected chi connectivity index (χ4v) is 2.04. The number of hydrogen-bond acceptors (Lipinski definition) is 4. The van der Waals surface area contributed by atoms with E-state index in [0.717, 1.165) is 28.1 Å². The number of aryl methyl sites for hydroxylation is 1. The van der Waals surface area contributed by atoms with Gasteiger partial charge in [0.15, 0.2) is 0 Å². The van der Waals surface area contributed by atoms with Crippen molar-refractivity contribution < 1.29 is 4.74 Å². The zero-order valence-corrected chi connectivity index (χ0v) is 12.8. The van der Waals surface area contributed by atoms with Crippen molar-refractivity contribution in [1.29, 1.82) is 0 Å². The number of nitrogens with zero attached hydrogens (tertiary/aromatic N) is 2. The molecule has 0 spiro atoms. The summed E-state index contributed by atoms with van der Waals surface area (Å²) in [5.41, 5.74) is 0.906. The van der Waals surface area contributed by atoms with Gasteiger partial charge in [-0.3, -0.25) is 0 Å². The minimum absolute atomic E-state index is 0.579. The molecule has 0 amide bonds. The average molecular weight is 322 g/mol. The Hall–Kier alpha value is -1.62. The summed E-state index contributed by atoms with van der Waals surface area (Å²) in [4.78, 5) is 8.73. The van der Waals surface area contributed by atoms with Gasteiger partial charge in [-0.1, -0.05) is 12.1 Å². The van der Waals surface area contributed by atoms with E-state index in [0.29, 0.717) is 11.7 Å². The molecule has 0 unspecified atom stereocenters. The molecular weight excluding hydrogens is 306 g/mol. The lowest BCUT2D eigenvalue weighted by Crippen LogP contribution is -2.06. The molecule has 0 aliphatic heterocycles. The molecule has 0 saturated carbocycles. The SMILES string of the molecule is CCNc1nc(C)nc(Oc2ccccc2Br)c1C. The van der Waals surface area contributed by atoms with Crippen molar-refractivity contribution in [3.05, 3.63) is 40.1 Å². The van der Waals surface area contributed by atoms with Gasteiger partial charge in [0.2, 0.25) is 5.88 Å². The Labute approximate surface area is 121 Å². The molecule has 0 aliphatic rings. The van der Waals surface area contributed by atoms with Crippen LogP contribution in [0, 0.1) is 13.8 Å². The summed E-state index contributed by atoms with van der Waals surface area (Å²) in [6.45, 7) is 6.65. The number of rotatable bonds is 4. The first-order valence-corrected chi connectivity index (χ1v) is 6.92. The Morgan fingerprint density at radius 2 is 1.95 bits per heavy atom. The normalized spacial score (nSPS) is 10.3. The maximum absolute atomic E-state index is 5.87. The van der Waals surface area contributed by atoms with Gasteiger partial charge in [0.05, 0.1) is 10.0 Å². The Kier molecular flexibility index (Phi) is 4.37. The van der Waals surface area contributed by atoms with Crippen molar-refractivity contribution in [2.45, 2.75) is 20.8 Å². The third kappa shape index (κ3) is 3.23. The molecule has 1 heterocycles. The van der Waals surface area contributed by atoms with E-state index in [1.165, 1.54) is 0 Å². The zero-order valence-electron chi connectivity index (χ0n) is 11.2. The van der Waals surface area contributed by atoms with Crippen LogP contribution in [0.5, 0.6) is 11.6 Å². The number of hydrogen-bond donors (Lipinski definition) is 1. The smallest absolute Gasteiger partial charge is 0.227 e. The molecule has 5 heteroatoms. The third-order valence-corrected chi connectivity index (χ3v) is 3.26. The van der Waals surface area contributed by atoms with E-state index in [1.807, 2.05) is 45.0 Å². The predicted octanol–water partition coefficient (Wildman–Crippen LogP) is 4.08. The van der Waals surface area contributed by atoms with E-state index in [4.69, 9.17) is 4.74 Å². The van der Waals surface area contributed by atoms with Gasteiger partial charge in [-0.25, -0.2) is 4.98 Å². The number of aromatic nitrogens is 2. The molecule has 0 saturated heterocycles. The number of nitrogens with one attached hydrogen (secondary N) is 1. The fraction of sp³-hybridized carbons (Fsp3) is 0.286. The Morgan fingerprint density at radius 3 is 2.63 bits per heavy atom. The summed E-state index contributed by atoms with van der Waals surface area (Å²) >= 11 is 3.46. The zero-order chi connectivity index (χ0) is 13.8. The highest BCUT2D eigenvalue weighted by Gasteiger charge is 2.11. The Morgan fingerprint density at radius 1 is 1.21 bits per heavy atom. The molecule has 0 fully saturated rings. The number of halogens is 1. The second-order valence-corrected chi connectivity index (χ2v) is 4.97. The van der Waals surface area contributed by atoms with E-state index >= 15 is 0 Å². The number of benzene rings is 1. The first-order chi connectivity index (χ1) is 9.11. The molecular formula is C14H16BrN3O. The molecule has 100 valence electrons. The van der Waals surface area contributed by atoms with Gasteiger partial charge in [0, 0.05) is 6.54 Å². The summed E-state index contributed by atoms with van der Waals surface area (Å²) in [7, 11) is 0. The molecule has 2 rings (SSSR count). The first kappa shape index (κ1) is 13.8. The molecule has 1 aromatic heterocycles. The van der Waals surface area contributed by atoms with Crippen LogP contribution in [0.25, 0.3) is 0 Å².